The summed E-state index contributed by atoms with van der Waals surface area (Å²) in [6.07, 6.45) is 4.98. The van der Waals surface area contributed by atoms with Gasteiger partial charge in [-0.1, -0.05) is 87.4 Å². The Labute approximate surface area is 284 Å². The van der Waals surface area contributed by atoms with Crippen molar-refractivity contribution >= 4 is 5.78 Å². The number of Topliss-reactive ketones (excluding diaryl/α,β-unsaturated/α-hetero) is 1. The lowest BCUT2D eigenvalue weighted by atomic mass is 9.56. The van der Waals surface area contributed by atoms with Crippen LogP contribution in [0.4, 0.5) is 0 Å². The second kappa shape index (κ2) is 15.9. The highest BCUT2D eigenvalue weighted by Gasteiger charge is 2.52. The van der Waals surface area contributed by atoms with Crippen LogP contribution in [0, 0.1) is 29.6 Å². The molecule has 0 aliphatic heterocycles. The molecule has 5 N–H and O–H groups in total. The maximum Gasteiger partial charge on any atom is 0.160 e. The van der Waals surface area contributed by atoms with Crippen molar-refractivity contribution < 1.29 is 35.1 Å². The minimum Gasteiger partial charge on any atom is -0.504 e. The van der Waals surface area contributed by atoms with Gasteiger partial charge in [-0.3, -0.25) is 4.79 Å². The van der Waals surface area contributed by atoms with Gasteiger partial charge in [0.15, 0.2) is 23.0 Å². The van der Waals surface area contributed by atoms with E-state index in [2.05, 4.69) is 30.9 Å². The molecule has 0 amide bonds. The third-order valence-electron chi connectivity index (χ3n) is 10.9. The highest BCUT2D eigenvalue weighted by molar-refractivity contribution is 5.82. The van der Waals surface area contributed by atoms with Gasteiger partial charge < -0.3 is 30.3 Å². The summed E-state index contributed by atoms with van der Waals surface area (Å²) in [6.45, 7) is 2.11. The molecule has 7 heteroatoms. The number of benzene rings is 3. The van der Waals surface area contributed by atoms with Crippen molar-refractivity contribution in [3.8, 4) is 34.8 Å². The van der Waals surface area contributed by atoms with Crippen molar-refractivity contribution in [2.24, 2.45) is 17.8 Å². The van der Waals surface area contributed by atoms with Crippen LogP contribution in [-0.4, -0.2) is 50.6 Å². The third-order valence-corrected chi connectivity index (χ3v) is 10.9. The van der Waals surface area contributed by atoms with Gasteiger partial charge in [0.2, 0.25) is 0 Å². The van der Waals surface area contributed by atoms with Gasteiger partial charge in [0.25, 0.3) is 0 Å². The zero-order valence-electron chi connectivity index (χ0n) is 28.1. The number of carbonyl (C=O) groups is 1. The average molecular weight is 655 g/mol. The molecule has 256 valence electrons. The molecule has 0 aromatic heterocycles. The monoisotopic (exact) mass is 654 g/mol. The number of hydrogen-bond donors (Lipinski definition) is 5. The predicted molar refractivity (Wildman–Crippen MR) is 186 cm³/mol. The zero-order chi connectivity index (χ0) is 34.3. The van der Waals surface area contributed by atoms with Crippen LogP contribution in [0.1, 0.15) is 93.7 Å². The maximum atomic E-state index is 14.7. The van der Waals surface area contributed by atoms with Gasteiger partial charge in [-0.15, -0.1) is 5.92 Å². The molecule has 0 radical (unpaired) electrons. The summed E-state index contributed by atoms with van der Waals surface area (Å²) < 4.78 is 5.45. The number of aromatic hydroxyl groups is 3. The van der Waals surface area contributed by atoms with E-state index >= 15 is 0 Å². The SMILES string of the molecule is CCCCCC1C(=O)CC(c2ccc(O)c(OC)c2)C(Cc2ccccc2)C#CCC(C2(c3ccc(O)c(O)c3)CCCCC2O)C1O. The lowest BCUT2D eigenvalue weighted by molar-refractivity contribution is -0.132. The number of aliphatic hydroxyl groups is 2. The number of phenols is 3. The number of hydrogen-bond acceptors (Lipinski definition) is 7. The summed E-state index contributed by atoms with van der Waals surface area (Å²) in [5, 5.41) is 55.4. The number of methoxy groups -OCH3 is 1. The van der Waals surface area contributed by atoms with E-state index in [4.69, 9.17) is 4.74 Å². The third kappa shape index (κ3) is 7.51. The van der Waals surface area contributed by atoms with Gasteiger partial charge in [0, 0.05) is 41.9 Å². The minimum absolute atomic E-state index is 0.0189. The molecule has 1 saturated carbocycles. The number of phenolic OH excluding ortho intramolecular Hbond substituents is 3. The van der Waals surface area contributed by atoms with E-state index in [1.165, 1.54) is 19.2 Å². The van der Waals surface area contributed by atoms with E-state index in [1.807, 2.05) is 24.3 Å². The van der Waals surface area contributed by atoms with Crippen LogP contribution in [0.3, 0.4) is 0 Å². The van der Waals surface area contributed by atoms with Gasteiger partial charge in [-0.25, -0.2) is 0 Å². The fraction of sp³-hybridized carbons (Fsp3) is 0.488. The largest absolute Gasteiger partial charge is 0.504 e. The molecule has 1 fully saturated rings. The Balaban J connectivity index is 1.67. The Morgan fingerprint density at radius 3 is 2.40 bits per heavy atom. The van der Waals surface area contributed by atoms with Crippen molar-refractivity contribution in [3.05, 3.63) is 83.4 Å². The van der Waals surface area contributed by atoms with Gasteiger partial charge in [-0.05, 0) is 66.6 Å². The summed E-state index contributed by atoms with van der Waals surface area (Å²) >= 11 is 0. The molecule has 7 unspecified atom stereocenters. The van der Waals surface area contributed by atoms with E-state index < -0.39 is 29.5 Å². The van der Waals surface area contributed by atoms with Crippen LogP contribution in [-0.2, 0) is 16.6 Å². The van der Waals surface area contributed by atoms with E-state index in [9.17, 15) is 30.3 Å². The number of ketones is 1. The van der Waals surface area contributed by atoms with Crippen LogP contribution < -0.4 is 4.74 Å². The molecule has 0 saturated heterocycles. The number of unbranched alkanes of at least 4 members (excludes halogenated alkanes) is 2. The molecule has 7 atom stereocenters. The molecular weight excluding hydrogens is 604 g/mol. The number of carbonyl (C=O) groups excluding carboxylic acids is 1. The quantitative estimate of drug-likeness (QED) is 0.0891. The molecule has 48 heavy (non-hydrogen) atoms. The molecule has 3 aromatic rings. The molecule has 7 nitrogen and oxygen atoms in total. The average Bonchev–Trinajstić information content (AvgIpc) is 3.09. The highest BCUT2D eigenvalue weighted by Crippen LogP contribution is 2.51. The number of aliphatic hydroxyl groups excluding tert-OH is 2. The topological polar surface area (TPSA) is 127 Å². The van der Waals surface area contributed by atoms with E-state index in [0.29, 0.717) is 37.0 Å². The molecule has 3 aromatic carbocycles. The van der Waals surface area contributed by atoms with Crippen molar-refractivity contribution in [1.82, 2.24) is 0 Å². The summed E-state index contributed by atoms with van der Waals surface area (Å²) in [7, 11) is 1.50. The molecule has 5 rings (SSSR count). The fourth-order valence-electron chi connectivity index (χ4n) is 8.25. The molecular formula is C41H50O7. The predicted octanol–water partition coefficient (Wildman–Crippen LogP) is 7.17. The minimum atomic E-state index is -1.09. The molecule has 0 heterocycles. The Kier molecular flexibility index (Phi) is 11.7. The Morgan fingerprint density at radius 2 is 1.69 bits per heavy atom. The van der Waals surface area contributed by atoms with Crippen LogP contribution in [0.25, 0.3) is 0 Å². The van der Waals surface area contributed by atoms with Crippen molar-refractivity contribution in [1.29, 1.82) is 0 Å². The summed E-state index contributed by atoms with van der Waals surface area (Å²) in [5.41, 5.74) is 1.60. The fourth-order valence-corrected chi connectivity index (χ4v) is 8.25. The second-order valence-electron chi connectivity index (χ2n) is 13.7. The zero-order valence-corrected chi connectivity index (χ0v) is 28.1. The molecule has 0 spiro atoms. The smallest absolute Gasteiger partial charge is 0.160 e. The van der Waals surface area contributed by atoms with Crippen molar-refractivity contribution in [2.75, 3.05) is 7.11 Å². The maximum absolute atomic E-state index is 14.7. The number of ether oxygens (including phenoxy) is 1. The van der Waals surface area contributed by atoms with Gasteiger partial charge in [-0.2, -0.15) is 0 Å². The summed E-state index contributed by atoms with van der Waals surface area (Å²) in [6, 6.07) is 19.9. The molecule has 2 aliphatic carbocycles. The van der Waals surface area contributed by atoms with Gasteiger partial charge >= 0.3 is 0 Å². The van der Waals surface area contributed by atoms with Crippen molar-refractivity contribution in [2.45, 2.75) is 101 Å². The summed E-state index contributed by atoms with van der Waals surface area (Å²) in [5.74, 6) is 4.90. The normalized spacial score (nSPS) is 27.9. The highest BCUT2D eigenvalue weighted by atomic mass is 16.5. The Morgan fingerprint density at radius 1 is 0.917 bits per heavy atom. The second-order valence-corrected chi connectivity index (χ2v) is 13.7. The first-order chi connectivity index (χ1) is 23.2. The van der Waals surface area contributed by atoms with E-state index in [0.717, 1.165) is 43.2 Å². The molecule has 0 bridgehead atoms. The standard InChI is InChI=1S/C41H50O7/c1-3-4-6-15-31-36(44)26-32(29-18-20-35(43)38(24-29)48-2)28(23-27-12-7-5-8-13-27)14-11-16-33(40(31)47)41(22-10-9-17-39(41)46)30-19-21-34(42)37(45)25-30/h5,7-8,12-13,18-21,24-25,28,31-33,39-40,42-43,45-47H,3-4,6,9-10,15-17,22-23,26H2,1-2H3. The van der Waals surface area contributed by atoms with Gasteiger partial charge in [0.05, 0.1) is 19.3 Å². The first-order valence-corrected chi connectivity index (χ1v) is 17.5. The Hall–Kier alpha value is -3.99. The van der Waals surface area contributed by atoms with Crippen LogP contribution in [0.2, 0.25) is 0 Å². The first-order valence-electron chi connectivity index (χ1n) is 17.5. The van der Waals surface area contributed by atoms with Crippen LogP contribution >= 0.6 is 0 Å². The van der Waals surface area contributed by atoms with Crippen LogP contribution in [0.15, 0.2) is 66.7 Å². The van der Waals surface area contributed by atoms with E-state index in [1.54, 1.807) is 18.2 Å². The van der Waals surface area contributed by atoms with Crippen LogP contribution in [0.5, 0.6) is 23.0 Å². The number of rotatable bonds is 10. The first kappa shape index (κ1) is 35.3. The van der Waals surface area contributed by atoms with Crippen molar-refractivity contribution in [3.63, 3.8) is 0 Å². The molecule has 2 aliphatic rings. The van der Waals surface area contributed by atoms with Gasteiger partial charge in [0.1, 0.15) is 5.78 Å². The van der Waals surface area contributed by atoms with E-state index in [-0.39, 0.29) is 47.7 Å². The lowest BCUT2D eigenvalue weighted by Crippen LogP contribution is -2.54. The Bertz CT molecular complexity index is 1590. The lowest BCUT2D eigenvalue weighted by Gasteiger charge is -2.50. The summed E-state index contributed by atoms with van der Waals surface area (Å²) in [4.78, 5) is 14.7.